The zero-order valence-corrected chi connectivity index (χ0v) is 7.99. The molecule has 0 unspecified atom stereocenters. The van der Waals surface area contributed by atoms with Crippen molar-refractivity contribution in [3.63, 3.8) is 0 Å². The second-order valence-electron chi connectivity index (χ2n) is 2.87. The molecule has 0 saturated carbocycles. The highest BCUT2D eigenvalue weighted by atomic mass is 35.5. The normalized spacial score (nSPS) is 11.8. The largest absolute Gasteiger partial charge is 0.330 e. The Kier molecular flexibility index (Phi) is 3.39. The van der Waals surface area contributed by atoms with E-state index in [0.717, 1.165) is 18.2 Å². The van der Waals surface area contributed by atoms with Crippen LogP contribution in [0.4, 0.5) is 13.2 Å². The van der Waals surface area contributed by atoms with Crippen molar-refractivity contribution >= 4 is 11.6 Å². The minimum Gasteiger partial charge on any atom is -0.330 e. The van der Waals surface area contributed by atoms with Crippen molar-refractivity contribution in [2.45, 2.75) is 12.3 Å². The minimum absolute atomic E-state index is 0.152. The third kappa shape index (κ3) is 2.39. The number of hydrogen-bond donors (Lipinski definition) is 1. The summed E-state index contributed by atoms with van der Waals surface area (Å²) in [5, 5.41) is -0.275. The van der Waals surface area contributed by atoms with Gasteiger partial charge in [-0.25, -0.2) is 13.2 Å². The first-order valence-electron chi connectivity index (χ1n) is 4.01. The number of nitrogens with two attached hydrogens (primary N) is 1. The van der Waals surface area contributed by atoms with Gasteiger partial charge in [-0.05, 0) is 24.7 Å². The SMILES string of the molecule is NCCC(F)(F)c1ccc(F)cc1Cl. The smallest absolute Gasteiger partial charge is 0.275 e. The number of alkyl halides is 2. The molecule has 0 aliphatic rings. The highest BCUT2D eigenvalue weighted by molar-refractivity contribution is 6.31. The molecule has 0 saturated heterocycles. The zero-order chi connectivity index (χ0) is 10.8. The lowest BCUT2D eigenvalue weighted by atomic mass is 10.1. The average molecular weight is 224 g/mol. The van der Waals surface area contributed by atoms with E-state index in [9.17, 15) is 13.2 Å². The fraction of sp³-hybridized carbons (Fsp3) is 0.333. The van der Waals surface area contributed by atoms with Gasteiger partial charge in [-0.2, -0.15) is 0 Å². The zero-order valence-electron chi connectivity index (χ0n) is 7.24. The molecule has 0 radical (unpaired) electrons. The van der Waals surface area contributed by atoms with E-state index in [1.54, 1.807) is 0 Å². The number of halogens is 4. The Balaban J connectivity index is 3.06. The predicted octanol–water partition coefficient (Wildman–Crippen LogP) is 2.92. The van der Waals surface area contributed by atoms with Crippen molar-refractivity contribution in [3.8, 4) is 0 Å². The summed E-state index contributed by atoms with van der Waals surface area (Å²) >= 11 is 5.49. The maximum absolute atomic E-state index is 13.3. The van der Waals surface area contributed by atoms with Gasteiger partial charge in [0.05, 0.1) is 5.02 Å². The summed E-state index contributed by atoms with van der Waals surface area (Å²) in [6.07, 6.45) is -0.502. The fourth-order valence-electron chi connectivity index (χ4n) is 1.10. The van der Waals surface area contributed by atoms with E-state index in [-0.39, 0.29) is 17.1 Å². The van der Waals surface area contributed by atoms with Crippen molar-refractivity contribution in [2.75, 3.05) is 6.54 Å². The topological polar surface area (TPSA) is 26.0 Å². The molecular formula is C9H9ClF3N. The van der Waals surface area contributed by atoms with Crippen LogP contribution in [0.3, 0.4) is 0 Å². The Bertz CT molecular complexity index is 328. The highest BCUT2D eigenvalue weighted by Gasteiger charge is 2.32. The molecule has 0 atom stereocenters. The minimum atomic E-state index is -3.10. The van der Waals surface area contributed by atoms with E-state index in [1.165, 1.54) is 0 Å². The summed E-state index contributed by atoms with van der Waals surface area (Å²) in [5.74, 6) is -3.73. The molecule has 1 nitrogen and oxygen atoms in total. The summed E-state index contributed by atoms with van der Waals surface area (Å²) in [6.45, 7) is -0.152. The molecule has 0 spiro atoms. The summed E-state index contributed by atoms with van der Waals surface area (Å²) < 4.78 is 39.1. The Morgan fingerprint density at radius 1 is 1.36 bits per heavy atom. The lowest BCUT2D eigenvalue weighted by molar-refractivity contribution is -0.0106. The van der Waals surface area contributed by atoms with E-state index in [2.05, 4.69) is 0 Å². The Morgan fingerprint density at radius 2 is 2.00 bits per heavy atom. The molecule has 0 aliphatic carbocycles. The van der Waals surface area contributed by atoms with E-state index in [1.807, 2.05) is 0 Å². The van der Waals surface area contributed by atoms with Crippen molar-refractivity contribution in [2.24, 2.45) is 5.73 Å². The van der Waals surface area contributed by atoms with Gasteiger partial charge >= 0.3 is 0 Å². The summed E-state index contributed by atoms with van der Waals surface area (Å²) in [6, 6.07) is 2.79. The van der Waals surface area contributed by atoms with Crippen LogP contribution in [0, 0.1) is 5.82 Å². The van der Waals surface area contributed by atoms with Crippen LogP contribution in [0.5, 0.6) is 0 Å². The molecule has 78 valence electrons. The molecule has 5 heteroatoms. The molecular weight excluding hydrogens is 215 g/mol. The van der Waals surface area contributed by atoms with Gasteiger partial charge in [0.25, 0.3) is 5.92 Å². The first-order valence-corrected chi connectivity index (χ1v) is 4.38. The van der Waals surface area contributed by atoms with Gasteiger partial charge in [0.15, 0.2) is 0 Å². The number of rotatable bonds is 3. The summed E-state index contributed by atoms with van der Waals surface area (Å²) in [7, 11) is 0. The maximum atomic E-state index is 13.3. The standard InChI is InChI=1S/C9H9ClF3N/c10-8-5-6(11)1-2-7(8)9(12,13)3-4-14/h1-2,5H,3-4,14H2. The van der Waals surface area contributed by atoms with Gasteiger partial charge in [-0.3, -0.25) is 0 Å². The van der Waals surface area contributed by atoms with Crippen molar-refractivity contribution in [3.05, 3.63) is 34.6 Å². The molecule has 1 aromatic rings. The molecule has 0 heterocycles. The lowest BCUT2D eigenvalue weighted by Crippen LogP contribution is -2.19. The van der Waals surface area contributed by atoms with E-state index in [4.69, 9.17) is 17.3 Å². The molecule has 0 amide bonds. The van der Waals surface area contributed by atoms with Crippen LogP contribution in [-0.4, -0.2) is 6.54 Å². The predicted molar refractivity (Wildman–Crippen MR) is 49.0 cm³/mol. The van der Waals surface area contributed by atoms with E-state index in [0.29, 0.717) is 0 Å². The molecule has 1 aromatic carbocycles. The molecule has 0 aliphatic heterocycles. The van der Waals surface area contributed by atoms with Gasteiger partial charge in [-0.15, -0.1) is 0 Å². The van der Waals surface area contributed by atoms with Gasteiger partial charge < -0.3 is 5.73 Å². The van der Waals surface area contributed by atoms with Crippen molar-refractivity contribution in [1.29, 1.82) is 0 Å². The van der Waals surface area contributed by atoms with Crippen LogP contribution in [0.25, 0.3) is 0 Å². The van der Waals surface area contributed by atoms with Crippen molar-refractivity contribution < 1.29 is 13.2 Å². The number of benzene rings is 1. The van der Waals surface area contributed by atoms with E-state index >= 15 is 0 Å². The molecule has 14 heavy (non-hydrogen) atoms. The maximum Gasteiger partial charge on any atom is 0.275 e. The number of hydrogen-bond acceptors (Lipinski definition) is 1. The molecule has 0 bridgehead atoms. The quantitative estimate of drug-likeness (QED) is 0.838. The third-order valence-electron chi connectivity index (χ3n) is 1.78. The Hall–Kier alpha value is -0.740. The first kappa shape index (κ1) is 11.3. The second-order valence-corrected chi connectivity index (χ2v) is 3.27. The molecule has 0 fully saturated rings. The van der Waals surface area contributed by atoms with Crippen LogP contribution >= 0.6 is 11.6 Å². The van der Waals surface area contributed by atoms with Crippen LogP contribution in [0.15, 0.2) is 18.2 Å². The van der Waals surface area contributed by atoms with Crippen molar-refractivity contribution in [1.82, 2.24) is 0 Å². The highest BCUT2D eigenvalue weighted by Crippen LogP contribution is 2.35. The fourth-order valence-corrected chi connectivity index (χ4v) is 1.41. The summed E-state index contributed by atoms with van der Waals surface area (Å²) in [5.41, 5.74) is 4.65. The van der Waals surface area contributed by atoms with E-state index < -0.39 is 18.2 Å². The van der Waals surface area contributed by atoms with Gasteiger partial charge in [0.1, 0.15) is 5.82 Å². The van der Waals surface area contributed by atoms with Gasteiger partial charge in [-0.1, -0.05) is 11.6 Å². The molecule has 0 aromatic heterocycles. The average Bonchev–Trinajstić information content (AvgIpc) is 2.02. The lowest BCUT2D eigenvalue weighted by Gasteiger charge is -2.16. The van der Waals surface area contributed by atoms with Crippen LogP contribution in [0.2, 0.25) is 5.02 Å². The van der Waals surface area contributed by atoms with Gasteiger partial charge in [0.2, 0.25) is 0 Å². The Labute approximate surface area is 84.7 Å². The van der Waals surface area contributed by atoms with Gasteiger partial charge in [0, 0.05) is 12.0 Å². The molecule has 1 rings (SSSR count). The summed E-state index contributed by atoms with van der Waals surface area (Å²) in [4.78, 5) is 0. The van der Waals surface area contributed by atoms with Crippen LogP contribution in [0.1, 0.15) is 12.0 Å². The second kappa shape index (κ2) is 4.19. The Morgan fingerprint density at radius 3 is 2.50 bits per heavy atom. The first-order chi connectivity index (χ1) is 6.47. The van der Waals surface area contributed by atoms with Crippen LogP contribution in [-0.2, 0) is 5.92 Å². The third-order valence-corrected chi connectivity index (χ3v) is 2.10. The van der Waals surface area contributed by atoms with Crippen LogP contribution < -0.4 is 5.73 Å². The monoisotopic (exact) mass is 223 g/mol. The molecule has 2 N–H and O–H groups in total.